The second-order valence-corrected chi connectivity index (χ2v) is 13.6. The second-order valence-electron chi connectivity index (χ2n) is 13.6. The van der Waals surface area contributed by atoms with Crippen molar-refractivity contribution in [2.24, 2.45) is 0 Å². The van der Waals surface area contributed by atoms with E-state index in [2.05, 4.69) is 182 Å². The van der Waals surface area contributed by atoms with Crippen LogP contribution in [0.3, 0.4) is 0 Å². The molecule has 53 heavy (non-hydrogen) atoms. The molecule has 0 aromatic heterocycles. The van der Waals surface area contributed by atoms with Crippen LogP contribution in [0.2, 0.25) is 0 Å². The van der Waals surface area contributed by atoms with Crippen LogP contribution >= 0.6 is 0 Å². The molecule has 0 heterocycles. The zero-order chi connectivity index (χ0) is 36.6. The highest BCUT2D eigenvalue weighted by Gasteiger charge is 2.17. The van der Waals surface area contributed by atoms with Crippen LogP contribution in [0.1, 0.15) is 40.7 Å². The summed E-state index contributed by atoms with van der Waals surface area (Å²) in [5.74, 6) is -0.116. The van der Waals surface area contributed by atoms with Crippen molar-refractivity contribution in [3.63, 3.8) is 0 Å². The third kappa shape index (κ3) is 8.54. The molecule has 1 unspecified atom stereocenters. The Labute approximate surface area is 313 Å². The van der Waals surface area contributed by atoms with E-state index in [9.17, 15) is 4.79 Å². The molecule has 0 aliphatic rings. The van der Waals surface area contributed by atoms with Gasteiger partial charge in [0.1, 0.15) is 6.61 Å². The largest absolute Gasteiger partial charge is 0.457 e. The van der Waals surface area contributed by atoms with Crippen molar-refractivity contribution in [2.45, 2.75) is 32.8 Å². The zero-order valence-corrected chi connectivity index (χ0v) is 30.3. The van der Waals surface area contributed by atoms with Gasteiger partial charge in [-0.1, -0.05) is 158 Å². The molecule has 0 fully saturated rings. The minimum Gasteiger partial charge on any atom is -0.457 e. The number of benzene rings is 7. The van der Waals surface area contributed by atoms with E-state index in [1.54, 1.807) is 6.92 Å². The quantitative estimate of drug-likeness (QED) is 0.0945. The molecule has 0 bridgehead atoms. The van der Waals surface area contributed by atoms with Crippen molar-refractivity contribution in [1.29, 1.82) is 0 Å². The fraction of sp³-hybridized carbons (Fsp3) is 0.100. The smallest absolute Gasteiger partial charge is 0.333 e. The topological polar surface area (TPSA) is 29.5 Å². The Hall–Kier alpha value is -6.45. The summed E-state index contributed by atoms with van der Waals surface area (Å²) in [6.45, 7) is 7.67. The van der Waals surface area contributed by atoms with Gasteiger partial charge in [-0.15, -0.1) is 0 Å². The Balaban J connectivity index is 1.17. The molecule has 0 saturated carbocycles. The van der Waals surface area contributed by atoms with Crippen LogP contribution in [0.4, 0.5) is 17.1 Å². The van der Waals surface area contributed by atoms with Gasteiger partial charge in [0, 0.05) is 28.6 Å². The van der Waals surface area contributed by atoms with E-state index in [1.807, 2.05) is 18.2 Å². The molecule has 0 radical (unpaired) electrons. The van der Waals surface area contributed by atoms with Crippen LogP contribution in [0.5, 0.6) is 0 Å². The van der Waals surface area contributed by atoms with Crippen molar-refractivity contribution in [3.8, 4) is 22.3 Å². The maximum atomic E-state index is 11.8. The number of rotatable bonds is 12. The van der Waals surface area contributed by atoms with Gasteiger partial charge < -0.3 is 9.64 Å². The van der Waals surface area contributed by atoms with Crippen LogP contribution in [0.25, 0.3) is 22.3 Å². The van der Waals surface area contributed by atoms with Gasteiger partial charge in [-0.3, -0.25) is 0 Å². The molecule has 3 heteroatoms. The maximum Gasteiger partial charge on any atom is 0.333 e. The fourth-order valence-electron chi connectivity index (χ4n) is 6.68. The molecule has 7 aromatic rings. The minimum atomic E-state index is -0.378. The van der Waals surface area contributed by atoms with Gasteiger partial charge in [-0.25, -0.2) is 4.79 Å². The summed E-state index contributed by atoms with van der Waals surface area (Å²) in [5, 5.41) is 0. The number of ether oxygens (including phenoxy) is 1. The third-order valence-corrected chi connectivity index (χ3v) is 9.68. The molecule has 0 aliphatic heterocycles. The number of hydrogen-bond donors (Lipinski definition) is 0. The maximum absolute atomic E-state index is 11.8. The van der Waals surface area contributed by atoms with Crippen LogP contribution in [-0.2, 0) is 22.6 Å². The normalized spacial score (nSPS) is 11.4. The molecule has 0 amide bonds. The van der Waals surface area contributed by atoms with Gasteiger partial charge >= 0.3 is 5.97 Å². The van der Waals surface area contributed by atoms with Crippen molar-refractivity contribution >= 4 is 23.0 Å². The Morgan fingerprint density at radius 1 is 0.528 bits per heavy atom. The van der Waals surface area contributed by atoms with Crippen LogP contribution in [0.15, 0.2) is 194 Å². The highest BCUT2D eigenvalue weighted by atomic mass is 16.5. The zero-order valence-electron chi connectivity index (χ0n) is 30.3. The number of esters is 1. The third-order valence-electron chi connectivity index (χ3n) is 9.68. The molecule has 260 valence electrons. The molecule has 0 N–H and O–H groups in total. The van der Waals surface area contributed by atoms with Crippen LogP contribution < -0.4 is 4.90 Å². The van der Waals surface area contributed by atoms with Crippen LogP contribution in [0, 0.1) is 6.92 Å². The van der Waals surface area contributed by atoms with E-state index >= 15 is 0 Å². The molecule has 0 saturated heterocycles. The average molecular weight is 690 g/mol. The number of carbonyl (C=O) groups is 1. The molecule has 3 nitrogen and oxygen atoms in total. The summed E-state index contributed by atoms with van der Waals surface area (Å²) in [6.07, 6.45) is 0.906. The predicted molar refractivity (Wildman–Crippen MR) is 220 cm³/mol. The monoisotopic (exact) mass is 689 g/mol. The van der Waals surface area contributed by atoms with Crippen LogP contribution in [-0.4, -0.2) is 5.97 Å². The van der Waals surface area contributed by atoms with Gasteiger partial charge in [0.25, 0.3) is 0 Å². The summed E-state index contributed by atoms with van der Waals surface area (Å²) < 4.78 is 5.32. The molecule has 7 aromatic carbocycles. The van der Waals surface area contributed by atoms with Gasteiger partial charge in [-0.2, -0.15) is 0 Å². The van der Waals surface area contributed by atoms with E-state index in [0.29, 0.717) is 5.57 Å². The predicted octanol–water partition coefficient (Wildman–Crippen LogP) is 12.8. The Morgan fingerprint density at radius 2 is 0.943 bits per heavy atom. The average Bonchev–Trinajstić information content (AvgIpc) is 3.21. The van der Waals surface area contributed by atoms with E-state index in [0.717, 1.165) is 40.2 Å². The lowest BCUT2D eigenvalue weighted by molar-refractivity contribution is -0.140. The van der Waals surface area contributed by atoms with Crippen molar-refractivity contribution in [3.05, 3.63) is 222 Å². The first-order valence-corrected chi connectivity index (χ1v) is 18.1. The standard InChI is InChI=1S/C50H43NO2/c1-36(2)50(52)53-35-39-16-22-41(23-17-39)43-26-32-48(33-27-43)51(47-30-24-42(25-31-47)40-10-6-4-7-11-40)46-28-18-38(19-29-46)34-49(44-12-8-5-9-13-44)45-20-14-37(3)15-21-45/h4-33,49H,1,34-35H2,2-3H3. The summed E-state index contributed by atoms with van der Waals surface area (Å²) in [6, 6.07) is 64.9. The molecule has 7 rings (SSSR count). The molecule has 0 aliphatic carbocycles. The first-order chi connectivity index (χ1) is 25.9. The summed E-state index contributed by atoms with van der Waals surface area (Å²) in [7, 11) is 0. The summed E-state index contributed by atoms with van der Waals surface area (Å²) in [4.78, 5) is 14.1. The molecular formula is C50H43NO2. The number of anilines is 3. The SMILES string of the molecule is C=C(C)C(=O)OCc1ccc(-c2ccc(N(c3ccc(CC(c4ccccc4)c4ccc(C)cc4)cc3)c3ccc(-c4ccccc4)cc3)cc2)cc1. The van der Waals surface area contributed by atoms with Gasteiger partial charge in [0.2, 0.25) is 0 Å². The number of hydrogen-bond acceptors (Lipinski definition) is 3. The van der Waals surface area contributed by atoms with E-state index in [-0.39, 0.29) is 18.5 Å². The number of carbonyl (C=O) groups excluding carboxylic acids is 1. The fourth-order valence-corrected chi connectivity index (χ4v) is 6.68. The first kappa shape index (κ1) is 35.0. The molecule has 0 spiro atoms. The van der Waals surface area contributed by atoms with Gasteiger partial charge in [0.15, 0.2) is 0 Å². The lowest BCUT2D eigenvalue weighted by Crippen LogP contribution is -2.10. The second kappa shape index (κ2) is 16.3. The van der Waals surface area contributed by atoms with Crippen molar-refractivity contribution < 1.29 is 9.53 Å². The Kier molecular flexibility index (Phi) is 10.7. The Bertz CT molecular complexity index is 2260. The first-order valence-electron chi connectivity index (χ1n) is 18.1. The highest BCUT2D eigenvalue weighted by Crippen LogP contribution is 2.38. The molecular weight excluding hydrogens is 647 g/mol. The number of nitrogens with zero attached hydrogens (tertiary/aromatic N) is 1. The van der Waals surface area contributed by atoms with Crippen molar-refractivity contribution in [2.75, 3.05) is 4.90 Å². The lowest BCUT2D eigenvalue weighted by atomic mass is 9.85. The van der Waals surface area contributed by atoms with Gasteiger partial charge in [0.05, 0.1) is 0 Å². The highest BCUT2D eigenvalue weighted by molar-refractivity contribution is 5.87. The summed E-state index contributed by atoms with van der Waals surface area (Å²) >= 11 is 0. The van der Waals surface area contributed by atoms with E-state index < -0.39 is 0 Å². The number of aryl methyl sites for hydroxylation is 1. The molecule has 1 atom stereocenters. The van der Waals surface area contributed by atoms with E-state index in [4.69, 9.17) is 4.74 Å². The summed E-state index contributed by atoms with van der Waals surface area (Å²) in [5.41, 5.74) is 14.4. The Morgan fingerprint density at radius 3 is 1.45 bits per heavy atom. The minimum absolute atomic E-state index is 0.223. The van der Waals surface area contributed by atoms with Crippen molar-refractivity contribution in [1.82, 2.24) is 0 Å². The van der Waals surface area contributed by atoms with Gasteiger partial charge in [-0.05, 0) is 101 Å². The van der Waals surface area contributed by atoms with E-state index in [1.165, 1.54) is 33.4 Å². The lowest BCUT2D eigenvalue weighted by Gasteiger charge is -2.26.